The van der Waals surface area contributed by atoms with Crippen LogP contribution in [0.4, 0.5) is 5.69 Å². The predicted octanol–water partition coefficient (Wildman–Crippen LogP) is 6.14. The minimum absolute atomic E-state index is 0.0233. The average Bonchev–Trinajstić information content (AvgIpc) is 3.60. The molecule has 2 aliphatic heterocycles. The number of hydrogen-bond donors (Lipinski definition) is 0. The lowest BCUT2D eigenvalue weighted by Gasteiger charge is -2.33. The van der Waals surface area contributed by atoms with Crippen molar-refractivity contribution in [3.05, 3.63) is 134 Å². The van der Waals surface area contributed by atoms with Crippen molar-refractivity contribution in [3.8, 4) is 0 Å². The molecule has 0 N–H and O–H groups in total. The molecule has 2 aromatic heterocycles. The van der Waals surface area contributed by atoms with Crippen LogP contribution < -0.4 is 10.3 Å². The van der Waals surface area contributed by atoms with Gasteiger partial charge in [0.15, 0.2) is 11.0 Å². The summed E-state index contributed by atoms with van der Waals surface area (Å²) < 4.78 is 11.6. The number of furan rings is 1. The van der Waals surface area contributed by atoms with Gasteiger partial charge in [-0.15, -0.1) is 0 Å². The van der Waals surface area contributed by atoms with Gasteiger partial charge >= 0.3 is 0 Å². The fourth-order valence-electron chi connectivity index (χ4n) is 5.67. The summed E-state index contributed by atoms with van der Waals surface area (Å²) in [6.07, 6.45) is 1.49. The van der Waals surface area contributed by atoms with Crippen molar-refractivity contribution in [1.82, 2.24) is 4.90 Å². The van der Waals surface area contributed by atoms with Crippen molar-refractivity contribution in [1.29, 1.82) is 0 Å². The number of carbonyl (C=O) groups excluding carboxylic acids is 2. The quantitative estimate of drug-likeness (QED) is 0.265. The third kappa shape index (κ3) is 3.33. The number of benzene rings is 3. The van der Waals surface area contributed by atoms with Crippen LogP contribution in [0.15, 0.2) is 98.8 Å². The molecule has 0 saturated heterocycles. The number of halogens is 2. The summed E-state index contributed by atoms with van der Waals surface area (Å²) in [6, 6.07) is 22.4. The summed E-state index contributed by atoms with van der Waals surface area (Å²) in [5.41, 5.74) is -0.128. The molecular weight excluding hydrogens is 539 g/mol. The molecule has 192 valence electrons. The van der Waals surface area contributed by atoms with E-state index in [4.69, 9.17) is 32.0 Å². The number of anilines is 1. The van der Waals surface area contributed by atoms with Crippen molar-refractivity contribution < 1.29 is 18.4 Å². The molecule has 0 aliphatic carbocycles. The van der Waals surface area contributed by atoms with Gasteiger partial charge in [0.25, 0.3) is 11.8 Å². The molecule has 0 saturated carbocycles. The van der Waals surface area contributed by atoms with Crippen molar-refractivity contribution in [3.63, 3.8) is 0 Å². The third-order valence-electron chi connectivity index (χ3n) is 7.35. The first-order chi connectivity index (χ1) is 18.9. The Morgan fingerprint density at radius 2 is 1.59 bits per heavy atom. The Morgan fingerprint density at radius 1 is 0.821 bits per heavy atom. The first-order valence-electron chi connectivity index (χ1n) is 12.2. The van der Waals surface area contributed by atoms with Gasteiger partial charge in [-0.05, 0) is 54.1 Å². The average molecular weight is 557 g/mol. The van der Waals surface area contributed by atoms with E-state index in [-0.39, 0.29) is 35.4 Å². The fourth-order valence-corrected chi connectivity index (χ4v) is 5.97. The summed E-state index contributed by atoms with van der Waals surface area (Å²) in [4.78, 5) is 45.9. The summed E-state index contributed by atoms with van der Waals surface area (Å²) >= 11 is 12.3. The van der Waals surface area contributed by atoms with Gasteiger partial charge in [0.1, 0.15) is 11.3 Å². The highest BCUT2D eigenvalue weighted by molar-refractivity contribution is 6.31. The molecule has 0 bridgehead atoms. The van der Waals surface area contributed by atoms with Crippen LogP contribution in [-0.2, 0) is 23.4 Å². The molecular formula is C30H18Cl2N2O5. The van der Waals surface area contributed by atoms with Crippen LogP contribution in [0.1, 0.15) is 33.0 Å². The van der Waals surface area contributed by atoms with Crippen LogP contribution in [0.25, 0.3) is 11.0 Å². The van der Waals surface area contributed by atoms with Gasteiger partial charge in [-0.1, -0.05) is 53.5 Å². The molecule has 5 aromatic rings. The predicted molar refractivity (Wildman–Crippen MR) is 146 cm³/mol. The maximum Gasteiger partial charge on any atom is 0.291 e. The zero-order chi connectivity index (χ0) is 26.9. The van der Waals surface area contributed by atoms with E-state index in [2.05, 4.69) is 0 Å². The molecule has 3 aromatic carbocycles. The van der Waals surface area contributed by atoms with Crippen LogP contribution in [0.2, 0.25) is 10.0 Å². The maximum absolute atomic E-state index is 14.7. The van der Waals surface area contributed by atoms with Crippen molar-refractivity contribution >= 4 is 51.7 Å². The highest BCUT2D eigenvalue weighted by atomic mass is 35.5. The Bertz CT molecular complexity index is 1860. The summed E-state index contributed by atoms with van der Waals surface area (Å²) in [5, 5.41) is 1.10. The molecule has 0 radical (unpaired) electrons. The van der Waals surface area contributed by atoms with Gasteiger partial charge < -0.3 is 18.6 Å². The SMILES string of the molecule is O=C1c2oc3ccc(Cl)cc3c(=O)c2C2(C(=O)N(Cc3ccc(Cl)cc3)c3ccccc32)N1Cc1ccco1. The van der Waals surface area contributed by atoms with E-state index in [0.29, 0.717) is 27.1 Å². The standard InChI is InChI=1S/C30H18Cl2N2O5/c31-18-9-7-17(8-10-18)15-33-23-6-2-1-5-22(23)30(29(33)37)25-26(35)21-14-19(32)11-12-24(21)39-27(25)28(36)34(30)16-20-4-3-13-38-20/h1-14H,15-16H2. The molecule has 1 spiro atoms. The Hall–Kier alpha value is -4.33. The van der Waals surface area contributed by atoms with Crippen molar-refractivity contribution in [2.75, 3.05) is 4.90 Å². The third-order valence-corrected chi connectivity index (χ3v) is 7.83. The highest BCUT2D eigenvalue weighted by Crippen LogP contribution is 2.53. The van der Waals surface area contributed by atoms with E-state index < -0.39 is 22.8 Å². The molecule has 2 amide bonds. The molecule has 2 aliphatic rings. The van der Waals surface area contributed by atoms with Crippen LogP contribution in [0.3, 0.4) is 0 Å². The zero-order valence-corrected chi connectivity index (χ0v) is 21.7. The second-order valence-corrected chi connectivity index (χ2v) is 10.4. The Morgan fingerprint density at radius 3 is 2.36 bits per heavy atom. The molecule has 39 heavy (non-hydrogen) atoms. The summed E-state index contributed by atoms with van der Waals surface area (Å²) in [5.74, 6) is -0.729. The van der Waals surface area contributed by atoms with Crippen LogP contribution >= 0.6 is 23.2 Å². The van der Waals surface area contributed by atoms with E-state index in [1.807, 2.05) is 24.3 Å². The lowest BCUT2D eigenvalue weighted by Crippen LogP contribution is -2.52. The number of fused-ring (bicyclic) bond motifs is 5. The summed E-state index contributed by atoms with van der Waals surface area (Å²) in [6.45, 7) is 0.152. The Labute approximate surface area is 231 Å². The monoisotopic (exact) mass is 556 g/mol. The van der Waals surface area contributed by atoms with Crippen molar-refractivity contribution in [2.45, 2.75) is 18.6 Å². The number of rotatable bonds is 4. The van der Waals surface area contributed by atoms with Gasteiger partial charge in [-0.2, -0.15) is 0 Å². The van der Waals surface area contributed by atoms with Gasteiger partial charge in [0.2, 0.25) is 5.76 Å². The lowest BCUT2D eigenvalue weighted by atomic mass is 9.84. The van der Waals surface area contributed by atoms with E-state index in [9.17, 15) is 14.4 Å². The van der Waals surface area contributed by atoms with Crippen LogP contribution in [0, 0.1) is 0 Å². The lowest BCUT2D eigenvalue weighted by molar-refractivity contribution is -0.126. The second kappa shape index (κ2) is 8.59. The molecule has 1 atom stereocenters. The normalized spacial score (nSPS) is 17.9. The maximum atomic E-state index is 14.7. The minimum atomic E-state index is -1.76. The van der Waals surface area contributed by atoms with Gasteiger partial charge in [-0.3, -0.25) is 14.4 Å². The smallest absolute Gasteiger partial charge is 0.291 e. The number of nitrogens with zero attached hydrogens (tertiary/aromatic N) is 2. The van der Waals surface area contributed by atoms with Crippen LogP contribution in [0.5, 0.6) is 0 Å². The van der Waals surface area contributed by atoms with E-state index in [1.54, 1.807) is 53.4 Å². The Kier molecular flexibility index (Phi) is 5.24. The number of carbonyl (C=O) groups is 2. The number of amides is 2. The van der Waals surface area contributed by atoms with Gasteiger partial charge in [0, 0.05) is 15.6 Å². The van der Waals surface area contributed by atoms with E-state index in [1.165, 1.54) is 17.2 Å². The molecule has 9 heteroatoms. The second-order valence-electron chi connectivity index (χ2n) is 9.49. The molecule has 7 nitrogen and oxygen atoms in total. The first-order valence-corrected chi connectivity index (χ1v) is 12.9. The minimum Gasteiger partial charge on any atom is -0.467 e. The van der Waals surface area contributed by atoms with Gasteiger partial charge in [-0.25, -0.2) is 0 Å². The fraction of sp³-hybridized carbons (Fsp3) is 0.100. The van der Waals surface area contributed by atoms with E-state index >= 15 is 0 Å². The zero-order valence-electron chi connectivity index (χ0n) is 20.2. The molecule has 1 unspecified atom stereocenters. The van der Waals surface area contributed by atoms with Gasteiger partial charge in [0.05, 0.1) is 36.0 Å². The Balaban J connectivity index is 1.52. The molecule has 0 fully saturated rings. The number of para-hydroxylation sites is 1. The summed E-state index contributed by atoms with van der Waals surface area (Å²) in [7, 11) is 0. The topological polar surface area (TPSA) is 84.0 Å². The van der Waals surface area contributed by atoms with Crippen LogP contribution in [-0.4, -0.2) is 16.7 Å². The molecule has 4 heterocycles. The van der Waals surface area contributed by atoms with E-state index in [0.717, 1.165) is 5.56 Å². The number of hydrogen-bond acceptors (Lipinski definition) is 5. The first kappa shape index (κ1) is 23.8. The van der Waals surface area contributed by atoms with Crippen molar-refractivity contribution in [2.24, 2.45) is 0 Å². The largest absolute Gasteiger partial charge is 0.467 e. The molecule has 7 rings (SSSR count). The highest BCUT2D eigenvalue weighted by Gasteiger charge is 2.65.